The smallest absolute Gasteiger partial charge is 0.383 e. The van der Waals surface area contributed by atoms with Gasteiger partial charge in [0.15, 0.2) is 0 Å². The molecule has 1 atom stereocenters. The maximum atomic E-state index is 11.6. The molecule has 0 heterocycles. The Morgan fingerprint density at radius 1 is 1.50 bits per heavy atom. The molecule has 0 fully saturated rings. The molecule has 3 N–H and O–H groups in total. The fraction of sp³-hybridized carbons (Fsp3) is 1.00. The van der Waals surface area contributed by atoms with Crippen LogP contribution in [0.4, 0.5) is 13.2 Å². The highest BCUT2D eigenvalue weighted by atomic mass is 19.4. The lowest BCUT2D eigenvalue weighted by Gasteiger charge is -2.12. The molecule has 0 saturated carbocycles. The summed E-state index contributed by atoms with van der Waals surface area (Å²) in [6.45, 7) is -0.650. The van der Waals surface area contributed by atoms with E-state index < -0.39 is 18.8 Å². The maximum absolute atomic E-state index is 11.6. The van der Waals surface area contributed by atoms with Crippen molar-refractivity contribution in [3.63, 3.8) is 0 Å². The lowest BCUT2D eigenvalue weighted by Crippen LogP contribution is -2.40. The van der Waals surface area contributed by atoms with Crippen molar-refractivity contribution in [3.8, 4) is 0 Å². The minimum atomic E-state index is -4.17. The molecule has 1 unspecified atom stereocenters. The predicted octanol–water partition coefficient (Wildman–Crippen LogP) is 0.112. The molecular weight excluding hydrogens is 173 g/mol. The number of ether oxygens (including phenoxy) is 1. The third kappa shape index (κ3) is 7.77. The molecule has 0 aliphatic carbocycles. The van der Waals surface area contributed by atoms with Gasteiger partial charge in [-0.25, -0.2) is 0 Å². The Kier molecular flexibility index (Phi) is 5.19. The average molecular weight is 186 g/mol. The van der Waals surface area contributed by atoms with E-state index in [-0.39, 0.29) is 13.2 Å². The van der Waals surface area contributed by atoms with E-state index in [1.54, 1.807) is 0 Å². The molecule has 0 aromatic heterocycles. The van der Waals surface area contributed by atoms with Gasteiger partial charge in [0.25, 0.3) is 0 Å². The van der Waals surface area contributed by atoms with E-state index in [4.69, 9.17) is 5.73 Å². The molecule has 0 aromatic carbocycles. The Balaban J connectivity index is 3.31. The zero-order valence-corrected chi connectivity index (χ0v) is 6.82. The standard InChI is InChI=1S/C6H13F3N2O/c1-12-3-5(10)2-11-4-6(7,8)9/h5,11H,2-4,10H2,1H3. The molecule has 0 bridgehead atoms. The van der Waals surface area contributed by atoms with E-state index >= 15 is 0 Å². The zero-order valence-electron chi connectivity index (χ0n) is 6.82. The van der Waals surface area contributed by atoms with Crippen LogP contribution in [-0.4, -0.2) is 39.0 Å². The molecular formula is C6H13F3N2O. The van der Waals surface area contributed by atoms with E-state index in [1.807, 2.05) is 0 Å². The van der Waals surface area contributed by atoms with Crippen molar-refractivity contribution in [2.45, 2.75) is 12.2 Å². The molecule has 6 heteroatoms. The number of alkyl halides is 3. The Morgan fingerprint density at radius 2 is 2.08 bits per heavy atom. The van der Waals surface area contributed by atoms with Crippen molar-refractivity contribution < 1.29 is 17.9 Å². The summed E-state index contributed by atoms with van der Waals surface area (Å²) in [6, 6.07) is -0.391. The van der Waals surface area contributed by atoms with Crippen LogP contribution in [-0.2, 0) is 4.74 Å². The second kappa shape index (κ2) is 5.34. The van der Waals surface area contributed by atoms with Gasteiger partial charge in [-0.2, -0.15) is 13.2 Å². The van der Waals surface area contributed by atoms with Crippen LogP contribution in [0.1, 0.15) is 0 Å². The average Bonchev–Trinajstić information content (AvgIpc) is 1.84. The van der Waals surface area contributed by atoms with Gasteiger partial charge in [-0.1, -0.05) is 0 Å². The van der Waals surface area contributed by atoms with Crippen molar-refractivity contribution >= 4 is 0 Å². The number of hydrogen-bond donors (Lipinski definition) is 2. The topological polar surface area (TPSA) is 47.3 Å². The lowest BCUT2D eigenvalue weighted by molar-refractivity contribution is -0.124. The Labute approximate surface area is 69.1 Å². The molecule has 0 saturated heterocycles. The molecule has 0 amide bonds. The first-order chi connectivity index (χ1) is 5.45. The van der Waals surface area contributed by atoms with Crippen molar-refractivity contribution in [1.82, 2.24) is 5.32 Å². The van der Waals surface area contributed by atoms with Gasteiger partial charge in [-0.3, -0.25) is 0 Å². The molecule has 0 rings (SSSR count). The van der Waals surface area contributed by atoms with Gasteiger partial charge in [0, 0.05) is 19.7 Å². The number of nitrogens with one attached hydrogen (secondary N) is 1. The maximum Gasteiger partial charge on any atom is 0.401 e. The van der Waals surface area contributed by atoms with Gasteiger partial charge in [-0.05, 0) is 0 Å². The summed E-state index contributed by atoms with van der Waals surface area (Å²) in [6.07, 6.45) is -4.17. The summed E-state index contributed by atoms with van der Waals surface area (Å²) in [7, 11) is 1.45. The quantitative estimate of drug-likeness (QED) is 0.640. The number of halogens is 3. The van der Waals surface area contributed by atoms with Gasteiger partial charge in [0.05, 0.1) is 13.2 Å². The first-order valence-electron chi connectivity index (χ1n) is 3.47. The monoisotopic (exact) mass is 186 g/mol. The van der Waals surface area contributed by atoms with Gasteiger partial charge in [0.2, 0.25) is 0 Å². The highest BCUT2D eigenvalue weighted by molar-refractivity contribution is 4.65. The summed E-state index contributed by atoms with van der Waals surface area (Å²) < 4.78 is 39.3. The van der Waals surface area contributed by atoms with Crippen LogP contribution in [0, 0.1) is 0 Å². The summed E-state index contributed by atoms with van der Waals surface area (Å²) in [5.74, 6) is 0. The molecule has 0 aromatic rings. The summed E-state index contributed by atoms with van der Waals surface area (Å²) >= 11 is 0. The van der Waals surface area contributed by atoms with Gasteiger partial charge >= 0.3 is 6.18 Å². The zero-order chi connectivity index (χ0) is 9.61. The largest absolute Gasteiger partial charge is 0.401 e. The van der Waals surface area contributed by atoms with Gasteiger partial charge in [0.1, 0.15) is 0 Å². The highest BCUT2D eigenvalue weighted by Crippen LogP contribution is 2.11. The van der Waals surface area contributed by atoms with Crippen LogP contribution in [0.3, 0.4) is 0 Å². The van der Waals surface area contributed by atoms with Crippen LogP contribution < -0.4 is 11.1 Å². The number of hydrogen-bond acceptors (Lipinski definition) is 3. The number of rotatable bonds is 5. The Morgan fingerprint density at radius 3 is 2.50 bits per heavy atom. The van der Waals surface area contributed by atoms with E-state index in [2.05, 4.69) is 10.1 Å². The van der Waals surface area contributed by atoms with E-state index in [9.17, 15) is 13.2 Å². The first-order valence-corrected chi connectivity index (χ1v) is 3.47. The van der Waals surface area contributed by atoms with Crippen molar-refractivity contribution in [1.29, 1.82) is 0 Å². The van der Waals surface area contributed by atoms with Crippen LogP contribution in [0.25, 0.3) is 0 Å². The minimum Gasteiger partial charge on any atom is -0.383 e. The molecule has 0 spiro atoms. The number of nitrogens with two attached hydrogens (primary N) is 1. The second-order valence-electron chi connectivity index (χ2n) is 2.46. The Hall–Kier alpha value is -0.330. The van der Waals surface area contributed by atoms with Crippen LogP contribution in [0.2, 0.25) is 0 Å². The summed E-state index contributed by atoms with van der Waals surface area (Å²) in [5.41, 5.74) is 5.36. The second-order valence-corrected chi connectivity index (χ2v) is 2.46. The number of methoxy groups -OCH3 is 1. The van der Waals surface area contributed by atoms with Crippen molar-refractivity contribution in [2.24, 2.45) is 5.73 Å². The Bertz CT molecular complexity index is 118. The predicted molar refractivity (Wildman–Crippen MR) is 38.8 cm³/mol. The van der Waals surface area contributed by atoms with Crippen molar-refractivity contribution in [3.05, 3.63) is 0 Å². The van der Waals surface area contributed by atoms with Crippen LogP contribution in [0.5, 0.6) is 0 Å². The summed E-state index contributed by atoms with van der Waals surface area (Å²) in [5, 5.41) is 2.18. The lowest BCUT2D eigenvalue weighted by atomic mass is 10.3. The third-order valence-electron chi connectivity index (χ3n) is 1.11. The highest BCUT2D eigenvalue weighted by Gasteiger charge is 2.26. The minimum absolute atomic E-state index is 0.105. The normalized spacial score (nSPS) is 14.8. The fourth-order valence-corrected chi connectivity index (χ4v) is 0.672. The third-order valence-corrected chi connectivity index (χ3v) is 1.11. The van der Waals surface area contributed by atoms with E-state index in [0.29, 0.717) is 0 Å². The molecule has 74 valence electrons. The van der Waals surface area contributed by atoms with Gasteiger partial charge < -0.3 is 15.8 Å². The van der Waals surface area contributed by atoms with Crippen LogP contribution in [0.15, 0.2) is 0 Å². The SMILES string of the molecule is COCC(N)CNCC(F)(F)F. The molecule has 3 nitrogen and oxygen atoms in total. The molecule has 0 aliphatic rings. The van der Waals surface area contributed by atoms with E-state index in [1.165, 1.54) is 7.11 Å². The molecule has 12 heavy (non-hydrogen) atoms. The van der Waals surface area contributed by atoms with E-state index in [0.717, 1.165) is 0 Å². The fourth-order valence-electron chi connectivity index (χ4n) is 0.672. The van der Waals surface area contributed by atoms with Gasteiger partial charge in [-0.15, -0.1) is 0 Å². The van der Waals surface area contributed by atoms with Crippen LogP contribution >= 0.6 is 0 Å². The first kappa shape index (κ1) is 11.7. The summed E-state index contributed by atoms with van der Waals surface area (Å²) in [4.78, 5) is 0. The van der Waals surface area contributed by atoms with Crippen molar-refractivity contribution in [2.75, 3.05) is 26.8 Å². The molecule has 0 aliphatic heterocycles. The molecule has 0 radical (unpaired) electrons.